The number of benzene rings is 1. The van der Waals surface area contributed by atoms with E-state index in [-0.39, 0.29) is 29.9 Å². The van der Waals surface area contributed by atoms with Crippen LogP contribution in [0.3, 0.4) is 0 Å². The van der Waals surface area contributed by atoms with Crippen LogP contribution in [-0.2, 0) is 6.42 Å². The van der Waals surface area contributed by atoms with Crippen molar-refractivity contribution in [1.29, 1.82) is 0 Å². The Bertz CT molecular complexity index is 531. The highest BCUT2D eigenvalue weighted by Gasteiger charge is 2.03. The maximum atomic E-state index is 5.95. The van der Waals surface area contributed by atoms with Gasteiger partial charge in [0.25, 0.3) is 0 Å². The number of H-pyrrole nitrogens is 1. The first-order chi connectivity index (χ1) is 7.66. The zero-order valence-corrected chi connectivity index (χ0v) is 12.2. The number of aromatic amines is 1. The third-order valence-electron chi connectivity index (χ3n) is 2.40. The van der Waals surface area contributed by atoms with Crippen LogP contribution in [0.25, 0.3) is 10.9 Å². The molecule has 0 amide bonds. The number of fused-ring (bicyclic) bond motifs is 1. The molecule has 0 fully saturated rings. The number of hydrogen-bond acceptors (Lipinski definition) is 1. The van der Waals surface area contributed by atoms with Crippen molar-refractivity contribution >= 4 is 52.4 Å². The van der Waals surface area contributed by atoms with Crippen LogP contribution in [0.5, 0.6) is 0 Å². The fourth-order valence-corrected chi connectivity index (χ4v) is 1.84. The van der Waals surface area contributed by atoms with Gasteiger partial charge in [-0.3, -0.25) is 4.99 Å². The van der Waals surface area contributed by atoms with Gasteiger partial charge in [0.05, 0.1) is 0 Å². The fourth-order valence-electron chi connectivity index (χ4n) is 1.66. The summed E-state index contributed by atoms with van der Waals surface area (Å²) in [7, 11) is 0. The van der Waals surface area contributed by atoms with Crippen molar-refractivity contribution < 1.29 is 0 Å². The number of hydrogen-bond donors (Lipinski definition) is 3. The maximum absolute atomic E-state index is 5.95. The minimum atomic E-state index is 0. The molecule has 0 radical (unpaired) electrons. The zero-order valence-electron chi connectivity index (χ0n) is 9.11. The molecule has 0 bridgehead atoms. The molecular formula is C11H14ClIN4. The first-order valence-electron chi connectivity index (χ1n) is 4.98. The number of aliphatic imine (C=N–C) groups is 1. The lowest BCUT2D eigenvalue weighted by Gasteiger charge is -1.97. The molecule has 5 N–H and O–H groups in total. The first kappa shape index (κ1) is 14.1. The predicted molar refractivity (Wildman–Crippen MR) is 83.1 cm³/mol. The number of nitrogens with one attached hydrogen (secondary N) is 1. The highest BCUT2D eigenvalue weighted by molar-refractivity contribution is 14.0. The van der Waals surface area contributed by atoms with Crippen LogP contribution in [0.4, 0.5) is 0 Å². The molecule has 6 heteroatoms. The third kappa shape index (κ3) is 3.50. The number of rotatable bonds is 3. The van der Waals surface area contributed by atoms with Crippen LogP contribution in [0.15, 0.2) is 29.4 Å². The summed E-state index contributed by atoms with van der Waals surface area (Å²) >= 11 is 5.95. The number of guanidine groups is 1. The van der Waals surface area contributed by atoms with Crippen molar-refractivity contribution in [3.05, 3.63) is 35.0 Å². The van der Waals surface area contributed by atoms with E-state index < -0.39 is 0 Å². The van der Waals surface area contributed by atoms with Crippen LogP contribution in [0, 0.1) is 0 Å². The molecule has 1 aromatic heterocycles. The van der Waals surface area contributed by atoms with E-state index in [1.165, 1.54) is 5.56 Å². The van der Waals surface area contributed by atoms with Crippen LogP contribution in [0.1, 0.15) is 5.56 Å². The molecule has 4 nitrogen and oxygen atoms in total. The van der Waals surface area contributed by atoms with Gasteiger partial charge in [-0.15, -0.1) is 24.0 Å². The fraction of sp³-hybridized carbons (Fsp3) is 0.182. The Kier molecular flexibility index (Phi) is 5.07. The Labute approximate surface area is 121 Å². The van der Waals surface area contributed by atoms with Crippen molar-refractivity contribution in [1.82, 2.24) is 4.98 Å². The van der Waals surface area contributed by atoms with Gasteiger partial charge in [-0.2, -0.15) is 0 Å². The van der Waals surface area contributed by atoms with Gasteiger partial charge in [-0.1, -0.05) is 11.6 Å². The van der Waals surface area contributed by atoms with Gasteiger partial charge >= 0.3 is 0 Å². The lowest BCUT2D eigenvalue weighted by molar-refractivity contribution is 0.969. The van der Waals surface area contributed by atoms with Crippen molar-refractivity contribution in [2.75, 3.05) is 6.54 Å². The average molecular weight is 365 g/mol. The molecule has 1 aromatic carbocycles. The van der Waals surface area contributed by atoms with Gasteiger partial charge in [0.15, 0.2) is 5.96 Å². The standard InChI is InChI=1S/C11H13ClN4.HI/c12-8-1-2-10-9(5-8)7(6-16-10)3-4-15-11(13)14;/h1-2,5-6,16H,3-4H2,(H4,13,14,15);1H. The maximum Gasteiger partial charge on any atom is 0.185 e. The van der Waals surface area contributed by atoms with Gasteiger partial charge in [-0.05, 0) is 30.2 Å². The van der Waals surface area contributed by atoms with Gasteiger partial charge < -0.3 is 16.5 Å². The zero-order chi connectivity index (χ0) is 11.5. The number of nitrogens with two attached hydrogens (primary N) is 2. The predicted octanol–water partition coefficient (Wildman–Crippen LogP) is 2.26. The second-order valence-corrected chi connectivity index (χ2v) is 4.00. The summed E-state index contributed by atoms with van der Waals surface area (Å²) in [4.78, 5) is 7.14. The van der Waals surface area contributed by atoms with E-state index in [4.69, 9.17) is 23.1 Å². The van der Waals surface area contributed by atoms with E-state index in [2.05, 4.69) is 9.98 Å². The summed E-state index contributed by atoms with van der Waals surface area (Å²) in [6, 6.07) is 5.76. The molecule has 92 valence electrons. The molecule has 0 saturated heterocycles. The topological polar surface area (TPSA) is 80.2 Å². The van der Waals surface area contributed by atoms with Crippen molar-refractivity contribution in [2.45, 2.75) is 6.42 Å². The molecule has 0 aliphatic rings. The average Bonchev–Trinajstić information content (AvgIpc) is 2.60. The second-order valence-electron chi connectivity index (χ2n) is 3.56. The van der Waals surface area contributed by atoms with Gasteiger partial charge in [-0.25, -0.2) is 0 Å². The van der Waals surface area contributed by atoms with E-state index in [0.29, 0.717) is 6.54 Å². The Morgan fingerprint density at radius 3 is 2.82 bits per heavy atom. The number of nitrogens with zero attached hydrogens (tertiary/aromatic N) is 1. The largest absolute Gasteiger partial charge is 0.370 e. The van der Waals surface area contributed by atoms with Gasteiger partial charge in [0, 0.05) is 28.7 Å². The Hall–Kier alpha value is -0.950. The molecule has 0 aliphatic carbocycles. The summed E-state index contributed by atoms with van der Waals surface area (Å²) in [6.07, 6.45) is 2.75. The summed E-state index contributed by atoms with van der Waals surface area (Å²) in [6.45, 7) is 0.585. The van der Waals surface area contributed by atoms with Crippen molar-refractivity contribution in [2.24, 2.45) is 16.5 Å². The molecule has 0 aliphatic heterocycles. The van der Waals surface area contributed by atoms with Gasteiger partial charge in [0.2, 0.25) is 0 Å². The monoisotopic (exact) mass is 364 g/mol. The summed E-state index contributed by atoms with van der Waals surface area (Å²) in [5.74, 6) is 0.123. The third-order valence-corrected chi connectivity index (χ3v) is 2.64. The second kappa shape index (κ2) is 6.11. The normalized spacial score (nSPS) is 9.94. The smallest absolute Gasteiger partial charge is 0.185 e. The molecule has 0 saturated carbocycles. The molecule has 2 rings (SSSR count). The van der Waals surface area contributed by atoms with E-state index in [1.54, 1.807) is 0 Å². The molecule has 0 spiro atoms. The summed E-state index contributed by atoms with van der Waals surface area (Å²) < 4.78 is 0. The Morgan fingerprint density at radius 1 is 1.35 bits per heavy atom. The van der Waals surface area contributed by atoms with E-state index >= 15 is 0 Å². The van der Waals surface area contributed by atoms with Crippen LogP contribution < -0.4 is 11.5 Å². The SMILES string of the molecule is I.NC(N)=NCCc1c[nH]c2ccc(Cl)cc12. The van der Waals surface area contributed by atoms with E-state index in [0.717, 1.165) is 22.3 Å². The molecule has 1 heterocycles. The van der Waals surface area contributed by atoms with Crippen molar-refractivity contribution in [3.63, 3.8) is 0 Å². The molecular weight excluding hydrogens is 351 g/mol. The minimum Gasteiger partial charge on any atom is -0.370 e. The molecule has 17 heavy (non-hydrogen) atoms. The molecule has 0 unspecified atom stereocenters. The van der Waals surface area contributed by atoms with Crippen LogP contribution in [-0.4, -0.2) is 17.5 Å². The number of aromatic nitrogens is 1. The highest BCUT2D eigenvalue weighted by atomic mass is 127. The first-order valence-corrected chi connectivity index (χ1v) is 5.35. The summed E-state index contributed by atoms with van der Waals surface area (Å²) in [5.41, 5.74) is 12.8. The van der Waals surface area contributed by atoms with Crippen molar-refractivity contribution in [3.8, 4) is 0 Å². The Balaban J connectivity index is 0.00000144. The summed E-state index contributed by atoms with van der Waals surface area (Å²) in [5, 5.41) is 1.86. The van der Waals surface area contributed by atoms with Gasteiger partial charge in [0.1, 0.15) is 0 Å². The Morgan fingerprint density at radius 2 is 2.12 bits per heavy atom. The van der Waals surface area contributed by atoms with E-state index in [9.17, 15) is 0 Å². The lowest BCUT2D eigenvalue weighted by atomic mass is 10.1. The van der Waals surface area contributed by atoms with E-state index in [1.807, 2.05) is 24.4 Å². The molecule has 0 atom stereocenters. The quantitative estimate of drug-likeness (QED) is 0.444. The lowest BCUT2D eigenvalue weighted by Crippen LogP contribution is -2.23. The number of halogens is 2. The van der Waals surface area contributed by atoms with Crippen LogP contribution in [0.2, 0.25) is 5.02 Å². The van der Waals surface area contributed by atoms with Crippen LogP contribution >= 0.6 is 35.6 Å². The minimum absolute atomic E-state index is 0. The molecule has 2 aromatic rings. The highest BCUT2D eigenvalue weighted by Crippen LogP contribution is 2.22.